The highest BCUT2D eigenvalue weighted by atomic mass is 16.6. The number of carbonyl (C=O) groups is 2. The SMILES string of the molecule is CCOC(=O)C1=C(COCCc2cccnc2)N=C(COCCc2cccnc2)C(C(=O)OCC)C1c1cccc([N+](=O)[O-])c1. The van der Waals surface area contributed by atoms with Crippen molar-refractivity contribution in [2.45, 2.75) is 32.6 Å². The van der Waals surface area contributed by atoms with Gasteiger partial charge in [-0.25, -0.2) is 4.79 Å². The van der Waals surface area contributed by atoms with Crippen LogP contribution < -0.4 is 0 Å². The molecule has 0 N–H and O–H groups in total. The van der Waals surface area contributed by atoms with Gasteiger partial charge < -0.3 is 18.9 Å². The van der Waals surface area contributed by atoms with Crippen molar-refractivity contribution in [1.82, 2.24) is 9.97 Å². The van der Waals surface area contributed by atoms with Crippen molar-refractivity contribution >= 4 is 23.3 Å². The van der Waals surface area contributed by atoms with Gasteiger partial charge in [0.2, 0.25) is 0 Å². The average molecular weight is 617 g/mol. The van der Waals surface area contributed by atoms with E-state index >= 15 is 0 Å². The molecule has 12 nitrogen and oxygen atoms in total. The Morgan fingerprint density at radius 1 is 0.867 bits per heavy atom. The molecule has 4 rings (SSSR count). The summed E-state index contributed by atoms with van der Waals surface area (Å²) in [6, 6.07) is 13.4. The van der Waals surface area contributed by atoms with Gasteiger partial charge in [-0.05, 0) is 55.5 Å². The van der Waals surface area contributed by atoms with Crippen molar-refractivity contribution in [3.05, 3.63) is 111 Å². The first-order valence-corrected chi connectivity index (χ1v) is 14.7. The molecule has 0 spiro atoms. The maximum atomic E-state index is 13.6. The van der Waals surface area contributed by atoms with E-state index in [0.29, 0.717) is 37.3 Å². The minimum absolute atomic E-state index is 0.0511. The molecule has 12 heteroatoms. The van der Waals surface area contributed by atoms with Crippen LogP contribution in [0.1, 0.15) is 36.5 Å². The summed E-state index contributed by atoms with van der Waals surface area (Å²) in [7, 11) is 0. The fourth-order valence-corrected chi connectivity index (χ4v) is 5.04. The van der Waals surface area contributed by atoms with Crippen LogP contribution >= 0.6 is 0 Å². The molecule has 0 aliphatic carbocycles. The zero-order valence-corrected chi connectivity index (χ0v) is 25.3. The first-order chi connectivity index (χ1) is 21.9. The molecule has 3 aromatic rings. The van der Waals surface area contributed by atoms with Crippen molar-refractivity contribution in [3.63, 3.8) is 0 Å². The lowest BCUT2D eigenvalue weighted by molar-refractivity contribution is -0.384. The van der Waals surface area contributed by atoms with Crippen molar-refractivity contribution in [3.8, 4) is 0 Å². The van der Waals surface area contributed by atoms with E-state index in [9.17, 15) is 19.7 Å². The Labute approximate surface area is 261 Å². The molecule has 0 saturated carbocycles. The third-order valence-corrected chi connectivity index (χ3v) is 7.07. The number of ether oxygens (including phenoxy) is 4. The van der Waals surface area contributed by atoms with Crippen LogP contribution in [0.4, 0.5) is 5.69 Å². The smallest absolute Gasteiger partial charge is 0.336 e. The van der Waals surface area contributed by atoms with Gasteiger partial charge in [-0.2, -0.15) is 0 Å². The molecule has 1 aromatic carbocycles. The Bertz CT molecular complexity index is 1510. The Morgan fingerprint density at radius 3 is 2.09 bits per heavy atom. The van der Waals surface area contributed by atoms with Gasteiger partial charge in [-0.1, -0.05) is 24.3 Å². The number of nitrogens with zero attached hydrogens (tertiary/aromatic N) is 4. The second kappa shape index (κ2) is 16.9. The molecule has 2 unspecified atom stereocenters. The first kappa shape index (κ1) is 33.1. The third kappa shape index (κ3) is 9.10. The number of carbonyl (C=O) groups excluding carboxylic acids is 2. The topological polar surface area (TPSA) is 152 Å². The highest BCUT2D eigenvalue weighted by Gasteiger charge is 2.45. The van der Waals surface area contributed by atoms with Crippen LogP contribution in [0.5, 0.6) is 0 Å². The van der Waals surface area contributed by atoms with Crippen LogP contribution in [-0.4, -0.2) is 72.2 Å². The number of benzene rings is 1. The van der Waals surface area contributed by atoms with E-state index in [1.807, 2.05) is 24.3 Å². The van der Waals surface area contributed by atoms with Crippen molar-refractivity contribution in [1.29, 1.82) is 0 Å². The average Bonchev–Trinajstić information content (AvgIpc) is 3.05. The number of hydrogen-bond donors (Lipinski definition) is 0. The number of aromatic nitrogens is 2. The lowest BCUT2D eigenvalue weighted by atomic mass is 9.75. The third-order valence-electron chi connectivity index (χ3n) is 7.07. The fourth-order valence-electron chi connectivity index (χ4n) is 5.04. The van der Waals surface area contributed by atoms with Crippen LogP contribution in [0.15, 0.2) is 89.6 Å². The number of esters is 2. The number of non-ortho nitro benzene ring substituents is 1. The standard InChI is InChI=1S/C33H36N4O8/c1-3-44-32(38)30-27(21-42-16-12-23-8-6-14-34-19-23)36-28(22-43-17-13-24-9-7-15-35-20-24)31(33(39)45-4-2)29(30)25-10-5-11-26(18-25)37(40)41/h5-11,14-15,18-20,29-30H,3-4,12-13,16-17,21-22H2,1-2H3. The Kier molecular flexibility index (Phi) is 12.4. The Morgan fingerprint density at radius 2 is 1.51 bits per heavy atom. The second-order valence-corrected chi connectivity index (χ2v) is 10.1. The van der Waals surface area contributed by atoms with Crippen molar-refractivity contribution < 1.29 is 33.5 Å². The van der Waals surface area contributed by atoms with Crippen LogP contribution in [0.2, 0.25) is 0 Å². The fraction of sp³-hybridized carbons (Fsp3) is 0.364. The van der Waals surface area contributed by atoms with E-state index in [2.05, 4.69) is 9.97 Å². The molecule has 0 radical (unpaired) electrons. The van der Waals surface area contributed by atoms with Gasteiger partial charge in [-0.15, -0.1) is 0 Å². The lowest BCUT2D eigenvalue weighted by Gasteiger charge is -2.33. The minimum atomic E-state index is -1.11. The van der Waals surface area contributed by atoms with Gasteiger partial charge in [0, 0.05) is 42.8 Å². The monoisotopic (exact) mass is 616 g/mol. The van der Waals surface area contributed by atoms with Crippen LogP contribution in [0.25, 0.3) is 0 Å². The molecule has 0 saturated heterocycles. The Balaban J connectivity index is 1.73. The zero-order chi connectivity index (χ0) is 32.0. The summed E-state index contributed by atoms with van der Waals surface area (Å²) < 4.78 is 22.9. The van der Waals surface area contributed by atoms with E-state index in [-0.39, 0.29) is 43.4 Å². The number of nitro benzene ring substituents is 1. The molecule has 0 bridgehead atoms. The second-order valence-electron chi connectivity index (χ2n) is 10.1. The number of hydrogen-bond acceptors (Lipinski definition) is 11. The Hall–Kier alpha value is -4.81. The molecule has 2 atom stereocenters. The molecule has 1 aliphatic rings. The summed E-state index contributed by atoms with van der Waals surface area (Å²) in [5.41, 5.74) is 2.77. The molecule has 3 heterocycles. The summed E-state index contributed by atoms with van der Waals surface area (Å²) in [6.45, 7) is 3.98. The van der Waals surface area contributed by atoms with E-state index in [1.165, 1.54) is 18.2 Å². The number of nitro groups is 1. The van der Waals surface area contributed by atoms with E-state index in [0.717, 1.165) is 11.1 Å². The van der Waals surface area contributed by atoms with Gasteiger partial charge >= 0.3 is 11.9 Å². The summed E-state index contributed by atoms with van der Waals surface area (Å²) in [5, 5.41) is 11.7. The maximum Gasteiger partial charge on any atom is 0.336 e. The van der Waals surface area contributed by atoms with Gasteiger partial charge in [0.1, 0.15) is 5.92 Å². The highest BCUT2D eigenvalue weighted by Crippen LogP contribution is 2.41. The minimum Gasteiger partial charge on any atom is -0.465 e. The van der Waals surface area contributed by atoms with Crippen molar-refractivity contribution in [2.75, 3.05) is 39.6 Å². The highest BCUT2D eigenvalue weighted by molar-refractivity contribution is 6.08. The summed E-state index contributed by atoms with van der Waals surface area (Å²) in [5.74, 6) is -3.45. The molecule has 1 aliphatic heterocycles. The predicted molar refractivity (Wildman–Crippen MR) is 165 cm³/mol. The molecule has 0 fully saturated rings. The van der Waals surface area contributed by atoms with E-state index < -0.39 is 28.7 Å². The van der Waals surface area contributed by atoms with E-state index in [4.69, 9.17) is 23.9 Å². The number of aliphatic imine (C=N–C) groups is 1. The van der Waals surface area contributed by atoms with Gasteiger partial charge in [0.25, 0.3) is 5.69 Å². The quantitative estimate of drug-likeness (QED) is 0.0977. The van der Waals surface area contributed by atoms with Gasteiger partial charge in [-0.3, -0.25) is 29.9 Å². The largest absolute Gasteiger partial charge is 0.465 e. The maximum absolute atomic E-state index is 13.6. The normalized spacial score (nSPS) is 16.2. The van der Waals surface area contributed by atoms with Crippen LogP contribution in [-0.2, 0) is 41.4 Å². The van der Waals surface area contributed by atoms with Crippen LogP contribution in [0, 0.1) is 16.0 Å². The molecule has 236 valence electrons. The van der Waals surface area contributed by atoms with Gasteiger partial charge in [0.15, 0.2) is 0 Å². The molecule has 45 heavy (non-hydrogen) atoms. The summed E-state index contributed by atoms with van der Waals surface area (Å²) in [6.07, 6.45) is 8.02. The van der Waals surface area contributed by atoms with Crippen LogP contribution in [0.3, 0.4) is 0 Å². The molecular formula is C33H36N4O8. The number of rotatable bonds is 16. The lowest BCUT2D eigenvalue weighted by Crippen LogP contribution is -2.40. The molecular weight excluding hydrogens is 580 g/mol. The van der Waals surface area contributed by atoms with Gasteiger partial charge in [0.05, 0.1) is 61.5 Å². The predicted octanol–water partition coefficient (Wildman–Crippen LogP) is 4.44. The summed E-state index contributed by atoms with van der Waals surface area (Å²) in [4.78, 5) is 51.4. The zero-order valence-electron chi connectivity index (χ0n) is 25.3. The summed E-state index contributed by atoms with van der Waals surface area (Å²) >= 11 is 0. The van der Waals surface area contributed by atoms with Crippen molar-refractivity contribution in [2.24, 2.45) is 10.9 Å². The number of pyridine rings is 2. The molecule has 2 aromatic heterocycles. The van der Waals surface area contributed by atoms with E-state index in [1.54, 1.807) is 44.7 Å². The molecule has 0 amide bonds. The first-order valence-electron chi connectivity index (χ1n) is 14.7.